The van der Waals surface area contributed by atoms with Crippen LogP contribution in [-0.4, -0.2) is 72.8 Å². The largest absolute Gasteiger partial charge is 0.492 e. The van der Waals surface area contributed by atoms with Gasteiger partial charge in [0.2, 0.25) is 0 Å². The van der Waals surface area contributed by atoms with Crippen LogP contribution in [0, 0.1) is 0 Å². The number of unbranched alkanes of at least 4 members (excludes halogenated alkanes) is 8. The lowest BCUT2D eigenvalue weighted by molar-refractivity contribution is 0.305. The average molecular weight is 1740 g/mol. The zero-order valence-electron chi connectivity index (χ0n) is 69.6. The van der Waals surface area contributed by atoms with E-state index in [1.807, 2.05) is 0 Å². The van der Waals surface area contributed by atoms with E-state index >= 15 is 0 Å². The lowest BCUT2D eigenvalue weighted by atomic mass is 9.90. The summed E-state index contributed by atoms with van der Waals surface area (Å²) >= 11 is 13.7. The number of rotatable bonds is 40. The minimum Gasteiger partial charge on any atom is -0.492 e. The molecule has 17 rings (SSSR count). The molecular formula is C100H102N4O8S8. The van der Waals surface area contributed by atoms with E-state index in [9.17, 15) is 0 Å². The molecule has 20 heteroatoms. The van der Waals surface area contributed by atoms with Gasteiger partial charge in [0.1, 0.15) is 46.0 Å². The summed E-state index contributed by atoms with van der Waals surface area (Å²) in [4.78, 5) is 29.7. The Morgan fingerprint density at radius 1 is 0.217 bits per heavy atom. The molecule has 0 atom stereocenters. The first-order valence-corrected chi connectivity index (χ1v) is 50.0. The molecule has 0 aliphatic carbocycles. The third-order valence-corrected chi connectivity index (χ3v) is 29.1. The molecule has 2 N–H and O–H groups in total. The lowest BCUT2D eigenvalue weighted by Crippen LogP contribution is -2.05. The summed E-state index contributed by atoms with van der Waals surface area (Å²) < 4.78 is 61.6. The summed E-state index contributed by atoms with van der Waals surface area (Å²) in [5.74, 6) is 5.98. The number of benzene rings is 4. The van der Waals surface area contributed by atoms with Crippen LogP contribution in [0.3, 0.4) is 0 Å². The Hall–Kier alpha value is -9.48. The maximum Gasteiger partial charge on any atom is 0.138 e. The monoisotopic (exact) mass is 1740 g/mol. The SMILES string of the molecule is CCCCOc1c2c(c(OCCCC)c(-c3cccs3)c1-c1cccs1)-c1cc3[nH]c(cc4nc(cc5[nH]c(cc-2n1)c1c(OCCCC)c(-c2cccs2)c(-c2cccs2)c(OCCCC)c51)-c1c(OCCCC)c(-c2cccs2)c(-c2cccs2)c(OCCCC)c1-4)c1c(OCCCC)c(-c2cccs2)c(-c2cccs2)c(OCCCC)c31. The summed E-state index contributed by atoms with van der Waals surface area (Å²) in [5, 5.41) is 20.8. The molecule has 0 spiro atoms. The average Bonchev–Trinajstić information content (AvgIpc) is 1.54. The Kier molecular flexibility index (Phi) is 26.7. The summed E-state index contributed by atoms with van der Waals surface area (Å²) in [6, 6.07) is 44.2. The molecule has 8 bridgehead atoms. The van der Waals surface area contributed by atoms with Crippen molar-refractivity contribution in [3.63, 3.8) is 0 Å². The fraction of sp³-hybridized carbons (Fsp3) is 0.320. The fourth-order valence-corrected chi connectivity index (χ4v) is 22.4. The van der Waals surface area contributed by atoms with Crippen molar-refractivity contribution in [2.75, 3.05) is 52.9 Å². The number of aromatic nitrogens is 4. The van der Waals surface area contributed by atoms with Crippen molar-refractivity contribution in [1.82, 2.24) is 19.9 Å². The highest BCUT2D eigenvalue weighted by atomic mass is 32.1. The Labute approximate surface area is 735 Å². The van der Waals surface area contributed by atoms with E-state index < -0.39 is 0 Å². The molecule has 0 radical (unpaired) electrons. The Bertz CT molecular complexity index is 5420. The number of nitrogens with one attached hydrogen (secondary N) is 2. The minimum absolute atomic E-state index is 0.459. The second-order valence-electron chi connectivity index (χ2n) is 30.3. The molecule has 0 unspecified atom stereocenters. The summed E-state index contributed by atoms with van der Waals surface area (Å²) in [5.41, 5.74) is 16.9. The molecule has 618 valence electrons. The molecule has 0 amide bonds. The number of H-pyrrole nitrogens is 2. The van der Waals surface area contributed by atoms with Crippen LogP contribution in [0.25, 0.3) is 172 Å². The summed E-state index contributed by atoms with van der Waals surface area (Å²) in [6.45, 7) is 21.5. The first-order valence-electron chi connectivity index (χ1n) is 43.0. The molecule has 0 fully saturated rings. The number of hydrogen-bond acceptors (Lipinski definition) is 18. The van der Waals surface area contributed by atoms with E-state index in [1.54, 1.807) is 90.7 Å². The molecular weight excluding hydrogens is 1640 g/mol. The molecule has 0 saturated heterocycles. The molecule has 2 aliphatic rings. The van der Waals surface area contributed by atoms with Gasteiger partial charge in [-0.25, -0.2) is 9.97 Å². The predicted octanol–water partition coefficient (Wildman–Crippen LogP) is 32.5. The molecule has 2 aliphatic heterocycles. The first kappa shape index (κ1) is 82.8. The van der Waals surface area contributed by atoms with Gasteiger partial charge in [-0.2, -0.15) is 0 Å². The van der Waals surface area contributed by atoms with E-state index in [4.69, 9.17) is 47.9 Å². The van der Waals surface area contributed by atoms with Gasteiger partial charge >= 0.3 is 0 Å². The van der Waals surface area contributed by atoms with Crippen LogP contribution in [0.4, 0.5) is 0 Å². The van der Waals surface area contributed by atoms with E-state index in [1.165, 1.54) is 0 Å². The quantitative estimate of drug-likeness (QED) is 0.0358. The number of thiophene rings is 8. The summed E-state index contributed by atoms with van der Waals surface area (Å²) in [7, 11) is 0. The van der Waals surface area contributed by atoms with E-state index in [-0.39, 0.29) is 0 Å². The van der Waals surface area contributed by atoms with Gasteiger partial charge in [-0.3, -0.25) is 0 Å². The van der Waals surface area contributed by atoms with Crippen LogP contribution in [-0.2, 0) is 0 Å². The Balaban J connectivity index is 1.19. The van der Waals surface area contributed by atoms with E-state index in [0.717, 1.165) is 298 Å². The topological polar surface area (TPSA) is 131 Å². The molecule has 120 heavy (non-hydrogen) atoms. The zero-order chi connectivity index (χ0) is 82.0. The van der Waals surface area contributed by atoms with E-state index in [0.29, 0.717) is 75.6 Å². The third-order valence-electron chi connectivity index (χ3n) is 22.0. The number of nitrogens with zero attached hydrogens (tertiary/aromatic N) is 2. The maximum absolute atomic E-state index is 7.70. The van der Waals surface area contributed by atoms with Gasteiger partial charge in [0.15, 0.2) is 0 Å². The predicted molar refractivity (Wildman–Crippen MR) is 515 cm³/mol. The van der Waals surface area contributed by atoms with Gasteiger partial charge in [-0.05, 0) is 167 Å². The molecule has 13 heterocycles. The standard InChI is InChI=1S/C100H102N4O8S8/c1-9-17-41-105-93-77-61-57-63-79-81(97(109-45-21-13-5)88(72-36-28-52-116-72)87(71-35-27-51-115-71)95(79)107-43-19-11-3)65(102-63)59-67-83-84(100(112-48-24-16-8)92(76-40-32-56-120-76)91(75-39-31-55-119-75)99(83)111-47-23-15-7)68(104-67)60-66-82-80(96(108-44-20-12-4)89(73-37-29-53-117-73)90(74-38-30-54-118-74)98(82)110-46-22-14-6)64(103-66)58-62(101-61)78(77)94(106-42-18-10-2)86(70-34-26-50-114-70)85(93)69-33-25-49-113-69/h25-40,49-60,101,104H,9-24,41-48H2,1-8H3. The number of ether oxygens (including phenoxy) is 8. The van der Waals surface area contributed by atoms with Crippen LogP contribution < -0.4 is 37.9 Å². The molecule has 15 aromatic rings. The number of aromatic amines is 2. The summed E-state index contributed by atoms with van der Waals surface area (Å²) in [6.07, 6.45) is 14.0. The molecule has 12 nitrogen and oxygen atoms in total. The van der Waals surface area contributed by atoms with Crippen molar-refractivity contribution in [3.8, 4) is 175 Å². The van der Waals surface area contributed by atoms with Crippen LogP contribution in [0.15, 0.2) is 164 Å². The third kappa shape index (κ3) is 16.2. The van der Waals surface area contributed by atoms with Crippen molar-refractivity contribution in [1.29, 1.82) is 0 Å². The second-order valence-corrected chi connectivity index (χ2v) is 37.9. The van der Waals surface area contributed by atoms with Crippen LogP contribution in [0.2, 0.25) is 0 Å². The van der Waals surface area contributed by atoms with Gasteiger partial charge in [0.05, 0.1) is 141 Å². The van der Waals surface area contributed by atoms with Crippen LogP contribution >= 0.6 is 90.7 Å². The number of fused-ring (bicyclic) bond motifs is 20. The van der Waals surface area contributed by atoms with Crippen LogP contribution in [0.1, 0.15) is 158 Å². The smallest absolute Gasteiger partial charge is 0.138 e. The van der Waals surface area contributed by atoms with Crippen molar-refractivity contribution in [2.45, 2.75) is 158 Å². The van der Waals surface area contributed by atoms with Crippen molar-refractivity contribution < 1.29 is 37.9 Å². The van der Waals surface area contributed by atoms with Gasteiger partial charge in [-0.1, -0.05) is 155 Å². The minimum atomic E-state index is 0.459. The van der Waals surface area contributed by atoms with Crippen molar-refractivity contribution in [3.05, 3.63) is 164 Å². The zero-order valence-corrected chi connectivity index (χ0v) is 76.1. The highest BCUT2D eigenvalue weighted by molar-refractivity contribution is 7.16. The highest BCUT2D eigenvalue weighted by Crippen LogP contribution is 2.64. The molecule has 4 aromatic carbocycles. The number of hydrogen-bond donors (Lipinski definition) is 2. The van der Waals surface area contributed by atoms with Gasteiger partial charge < -0.3 is 47.9 Å². The Morgan fingerprint density at radius 2 is 0.375 bits per heavy atom. The van der Waals surface area contributed by atoms with Gasteiger partial charge in [0.25, 0.3) is 0 Å². The maximum atomic E-state index is 7.70. The van der Waals surface area contributed by atoms with Crippen LogP contribution in [0.5, 0.6) is 46.0 Å². The molecule has 11 aromatic heterocycles. The van der Waals surface area contributed by atoms with Gasteiger partial charge in [-0.15, -0.1) is 90.7 Å². The van der Waals surface area contributed by atoms with Crippen molar-refractivity contribution >= 4 is 134 Å². The highest BCUT2D eigenvalue weighted by Gasteiger charge is 2.40. The van der Waals surface area contributed by atoms with Crippen molar-refractivity contribution in [2.24, 2.45) is 0 Å². The second kappa shape index (κ2) is 38.7. The lowest BCUT2D eigenvalue weighted by Gasteiger charge is -2.23. The normalized spacial score (nSPS) is 11.8. The fourth-order valence-electron chi connectivity index (χ4n) is 16.2. The Morgan fingerprint density at radius 3 is 0.525 bits per heavy atom. The van der Waals surface area contributed by atoms with E-state index in [2.05, 4.69) is 230 Å². The molecule has 0 saturated carbocycles. The first-order chi connectivity index (χ1) is 59.3. The van der Waals surface area contributed by atoms with Gasteiger partial charge in [0, 0.05) is 83.5 Å².